The quantitative estimate of drug-likeness (QED) is 0.757. The lowest BCUT2D eigenvalue weighted by atomic mass is 10.1. The molecule has 0 fully saturated rings. The molecule has 94 valence electrons. The fraction of sp³-hybridized carbons (Fsp3) is 0.154. The summed E-state index contributed by atoms with van der Waals surface area (Å²) >= 11 is 8.23. The van der Waals surface area contributed by atoms with Gasteiger partial charge in [-0.1, -0.05) is 15.9 Å². The largest absolute Gasteiger partial charge is 0.321 e. The predicted molar refractivity (Wildman–Crippen MR) is 83.6 cm³/mol. The summed E-state index contributed by atoms with van der Waals surface area (Å²) in [5, 5.41) is 2.97. The van der Waals surface area contributed by atoms with Crippen LogP contribution >= 0.6 is 43.2 Å². The Morgan fingerprint density at radius 3 is 2.28 bits per heavy atom. The van der Waals surface area contributed by atoms with Crippen molar-refractivity contribution in [3.8, 4) is 0 Å². The molecular formula is C13H11Br2NOS. The molecule has 0 spiro atoms. The molecular weight excluding hydrogens is 378 g/mol. The van der Waals surface area contributed by atoms with Crippen LogP contribution in [0.3, 0.4) is 0 Å². The number of benzene rings is 1. The van der Waals surface area contributed by atoms with Gasteiger partial charge in [-0.05, 0) is 65.2 Å². The summed E-state index contributed by atoms with van der Waals surface area (Å²) in [5.41, 5.74) is 2.98. The number of amides is 1. The number of aryl methyl sites for hydroxylation is 2. The zero-order valence-corrected chi connectivity index (χ0v) is 13.9. The van der Waals surface area contributed by atoms with Gasteiger partial charge in [0.25, 0.3) is 5.91 Å². The topological polar surface area (TPSA) is 29.1 Å². The van der Waals surface area contributed by atoms with Crippen LogP contribution in [0.5, 0.6) is 0 Å². The Kier molecular flexibility index (Phi) is 4.25. The number of thiophene rings is 1. The van der Waals surface area contributed by atoms with Crippen molar-refractivity contribution in [3.05, 3.63) is 48.5 Å². The number of hydrogen-bond acceptors (Lipinski definition) is 2. The van der Waals surface area contributed by atoms with Crippen LogP contribution in [0.2, 0.25) is 0 Å². The fourth-order valence-electron chi connectivity index (χ4n) is 1.72. The van der Waals surface area contributed by atoms with E-state index in [1.54, 1.807) is 0 Å². The minimum Gasteiger partial charge on any atom is -0.321 e. The van der Waals surface area contributed by atoms with E-state index in [1.165, 1.54) is 11.3 Å². The second-order valence-corrected chi connectivity index (χ2v) is 7.35. The van der Waals surface area contributed by atoms with Crippen LogP contribution < -0.4 is 5.32 Å². The molecule has 0 aliphatic carbocycles. The molecule has 1 heterocycles. The molecule has 0 saturated heterocycles. The standard InChI is InChI=1S/C13H11Br2NOS/c1-7-5-9(14)6-8(2)12(7)16-13(17)10-3-4-11(15)18-10/h3-6H,1-2H3,(H,16,17). The number of halogens is 2. The highest BCUT2D eigenvalue weighted by Crippen LogP contribution is 2.27. The second kappa shape index (κ2) is 5.55. The Morgan fingerprint density at radius 1 is 1.17 bits per heavy atom. The molecule has 1 aromatic heterocycles. The highest BCUT2D eigenvalue weighted by Gasteiger charge is 2.12. The Labute approximate surface area is 127 Å². The number of carbonyl (C=O) groups is 1. The zero-order valence-electron chi connectivity index (χ0n) is 9.88. The second-order valence-electron chi connectivity index (χ2n) is 3.97. The van der Waals surface area contributed by atoms with E-state index in [9.17, 15) is 4.79 Å². The highest BCUT2D eigenvalue weighted by atomic mass is 79.9. The maximum Gasteiger partial charge on any atom is 0.265 e. The average Bonchev–Trinajstić information content (AvgIpc) is 2.70. The van der Waals surface area contributed by atoms with E-state index >= 15 is 0 Å². The number of carbonyl (C=O) groups excluding carboxylic acids is 1. The number of hydrogen-bond donors (Lipinski definition) is 1. The molecule has 0 bridgehead atoms. The SMILES string of the molecule is Cc1cc(Br)cc(C)c1NC(=O)c1ccc(Br)s1. The van der Waals surface area contributed by atoms with E-state index in [-0.39, 0.29) is 5.91 Å². The lowest BCUT2D eigenvalue weighted by Crippen LogP contribution is -2.12. The minimum absolute atomic E-state index is 0.0702. The summed E-state index contributed by atoms with van der Waals surface area (Å²) in [5.74, 6) is -0.0702. The summed E-state index contributed by atoms with van der Waals surface area (Å²) in [7, 11) is 0. The molecule has 0 aliphatic rings. The summed E-state index contributed by atoms with van der Waals surface area (Å²) in [6.07, 6.45) is 0. The van der Waals surface area contributed by atoms with Crippen molar-refractivity contribution >= 4 is 54.8 Å². The Hall–Kier alpha value is -0.650. The third-order valence-electron chi connectivity index (χ3n) is 2.53. The average molecular weight is 389 g/mol. The normalized spacial score (nSPS) is 10.4. The van der Waals surface area contributed by atoms with E-state index in [0.717, 1.165) is 25.1 Å². The molecule has 5 heteroatoms. The van der Waals surface area contributed by atoms with Crippen molar-refractivity contribution in [2.75, 3.05) is 5.32 Å². The molecule has 1 amide bonds. The van der Waals surface area contributed by atoms with Gasteiger partial charge in [0, 0.05) is 10.2 Å². The first kappa shape index (κ1) is 13.8. The van der Waals surface area contributed by atoms with Gasteiger partial charge in [0.15, 0.2) is 0 Å². The number of rotatable bonds is 2. The van der Waals surface area contributed by atoms with E-state index < -0.39 is 0 Å². The fourth-order valence-corrected chi connectivity index (χ4v) is 3.69. The minimum atomic E-state index is -0.0702. The summed E-state index contributed by atoms with van der Waals surface area (Å²) < 4.78 is 1.98. The van der Waals surface area contributed by atoms with Crippen LogP contribution in [0.25, 0.3) is 0 Å². The highest BCUT2D eigenvalue weighted by molar-refractivity contribution is 9.11. The number of anilines is 1. The van der Waals surface area contributed by atoms with E-state index in [0.29, 0.717) is 4.88 Å². The molecule has 1 aromatic carbocycles. The molecule has 2 rings (SSSR count). The van der Waals surface area contributed by atoms with E-state index in [2.05, 4.69) is 37.2 Å². The van der Waals surface area contributed by atoms with Gasteiger partial charge < -0.3 is 5.32 Å². The van der Waals surface area contributed by atoms with Crippen molar-refractivity contribution < 1.29 is 4.79 Å². The molecule has 0 saturated carbocycles. The molecule has 2 aromatic rings. The first-order valence-corrected chi connectivity index (χ1v) is 7.71. The molecule has 1 N–H and O–H groups in total. The first-order chi connectivity index (χ1) is 8.47. The molecule has 0 unspecified atom stereocenters. The maximum atomic E-state index is 12.1. The van der Waals surface area contributed by atoms with Crippen molar-refractivity contribution in [1.29, 1.82) is 0 Å². The Morgan fingerprint density at radius 2 is 1.78 bits per heavy atom. The van der Waals surface area contributed by atoms with Gasteiger partial charge >= 0.3 is 0 Å². The molecule has 0 radical (unpaired) electrons. The van der Waals surface area contributed by atoms with Crippen LogP contribution in [0, 0.1) is 13.8 Å². The van der Waals surface area contributed by atoms with E-state index in [4.69, 9.17) is 0 Å². The van der Waals surface area contributed by atoms with Gasteiger partial charge in [0.1, 0.15) is 0 Å². The first-order valence-electron chi connectivity index (χ1n) is 5.31. The number of nitrogens with one attached hydrogen (secondary N) is 1. The van der Waals surface area contributed by atoms with Crippen LogP contribution in [0.15, 0.2) is 32.5 Å². The van der Waals surface area contributed by atoms with Crippen molar-refractivity contribution in [2.24, 2.45) is 0 Å². The lowest BCUT2D eigenvalue weighted by Gasteiger charge is -2.11. The van der Waals surface area contributed by atoms with Crippen molar-refractivity contribution in [2.45, 2.75) is 13.8 Å². The van der Waals surface area contributed by atoms with Gasteiger partial charge in [-0.25, -0.2) is 0 Å². The van der Waals surface area contributed by atoms with Gasteiger partial charge in [-0.3, -0.25) is 4.79 Å². The summed E-state index contributed by atoms with van der Waals surface area (Å²) in [6.45, 7) is 3.97. The van der Waals surface area contributed by atoms with Gasteiger partial charge in [-0.2, -0.15) is 0 Å². The third-order valence-corrected chi connectivity index (χ3v) is 4.61. The van der Waals surface area contributed by atoms with Crippen LogP contribution in [0.4, 0.5) is 5.69 Å². The zero-order chi connectivity index (χ0) is 13.3. The van der Waals surface area contributed by atoms with Gasteiger partial charge in [-0.15, -0.1) is 11.3 Å². The van der Waals surface area contributed by atoms with Crippen LogP contribution in [-0.2, 0) is 0 Å². The monoisotopic (exact) mass is 387 g/mol. The molecule has 0 aliphatic heterocycles. The Balaban J connectivity index is 2.27. The predicted octanol–water partition coefficient (Wildman–Crippen LogP) is 5.14. The summed E-state index contributed by atoms with van der Waals surface area (Å²) in [6, 6.07) is 7.67. The lowest BCUT2D eigenvalue weighted by molar-refractivity contribution is 0.103. The van der Waals surface area contributed by atoms with Crippen LogP contribution in [0.1, 0.15) is 20.8 Å². The van der Waals surface area contributed by atoms with Crippen molar-refractivity contribution in [1.82, 2.24) is 0 Å². The molecule has 18 heavy (non-hydrogen) atoms. The van der Waals surface area contributed by atoms with E-state index in [1.807, 2.05) is 38.1 Å². The smallest absolute Gasteiger partial charge is 0.265 e. The Bertz CT molecular complexity index is 584. The van der Waals surface area contributed by atoms with Gasteiger partial charge in [0.2, 0.25) is 0 Å². The van der Waals surface area contributed by atoms with Crippen LogP contribution in [-0.4, -0.2) is 5.91 Å². The summed E-state index contributed by atoms with van der Waals surface area (Å²) in [4.78, 5) is 12.8. The maximum absolute atomic E-state index is 12.1. The van der Waals surface area contributed by atoms with Gasteiger partial charge in [0.05, 0.1) is 8.66 Å². The molecule has 0 atom stereocenters. The third kappa shape index (κ3) is 3.02. The molecule has 2 nitrogen and oxygen atoms in total. The van der Waals surface area contributed by atoms with Crippen molar-refractivity contribution in [3.63, 3.8) is 0 Å².